The second-order valence-electron chi connectivity index (χ2n) is 6.55. The number of sulfonamides is 1. The summed E-state index contributed by atoms with van der Waals surface area (Å²) in [7, 11) is -3.64. The van der Waals surface area contributed by atoms with Gasteiger partial charge >= 0.3 is 0 Å². The highest BCUT2D eigenvalue weighted by Gasteiger charge is 2.31. The van der Waals surface area contributed by atoms with Crippen molar-refractivity contribution in [3.63, 3.8) is 0 Å². The van der Waals surface area contributed by atoms with E-state index >= 15 is 0 Å². The normalized spacial score (nSPS) is 12.5. The highest BCUT2D eigenvalue weighted by Crippen LogP contribution is 2.26. The van der Waals surface area contributed by atoms with E-state index in [9.17, 15) is 13.2 Å². The molecule has 0 saturated heterocycles. The number of aryl methyl sites for hydroxylation is 2. The van der Waals surface area contributed by atoms with E-state index in [0.29, 0.717) is 17.8 Å². The fourth-order valence-corrected chi connectivity index (χ4v) is 4.72. The van der Waals surface area contributed by atoms with Gasteiger partial charge in [0.15, 0.2) is 0 Å². The molecule has 0 heterocycles. The minimum Gasteiger partial charge on any atom is -0.324 e. The number of nitrogens with zero attached hydrogens (tertiary/aromatic N) is 1. The zero-order valence-corrected chi connectivity index (χ0v) is 17.9. The van der Waals surface area contributed by atoms with Crippen LogP contribution in [0.15, 0.2) is 47.4 Å². The first-order valence-corrected chi connectivity index (χ1v) is 11.8. The van der Waals surface area contributed by atoms with Crippen molar-refractivity contribution in [2.75, 3.05) is 22.1 Å². The van der Waals surface area contributed by atoms with Crippen molar-refractivity contribution in [3.05, 3.63) is 53.6 Å². The van der Waals surface area contributed by atoms with Crippen molar-refractivity contribution in [3.8, 4) is 0 Å². The molecule has 0 aliphatic carbocycles. The van der Waals surface area contributed by atoms with Crippen LogP contribution in [0.4, 0.5) is 11.4 Å². The van der Waals surface area contributed by atoms with E-state index in [-0.39, 0.29) is 5.91 Å². The summed E-state index contributed by atoms with van der Waals surface area (Å²) >= 11 is 1.58. The zero-order chi connectivity index (χ0) is 20.2. The molecule has 1 unspecified atom stereocenters. The average Bonchev–Trinajstić information content (AvgIpc) is 2.57. The number of nitrogens with one attached hydrogen (secondary N) is 1. The van der Waals surface area contributed by atoms with Crippen molar-refractivity contribution >= 4 is 39.1 Å². The van der Waals surface area contributed by atoms with Gasteiger partial charge in [-0.3, -0.25) is 9.10 Å². The summed E-state index contributed by atoms with van der Waals surface area (Å²) in [6.07, 6.45) is 3.45. The lowest BCUT2D eigenvalue weighted by Crippen LogP contribution is -2.47. The molecule has 0 fully saturated rings. The van der Waals surface area contributed by atoms with E-state index in [1.807, 2.05) is 51.3 Å². The molecule has 0 radical (unpaired) electrons. The van der Waals surface area contributed by atoms with E-state index in [2.05, 4.69) is 5.32 Å². The number of hydrogen-bond acceptors (Lipinski definition) is 4. The molecule has 146 valence electrons. The van der Waals surface area contributed by atoms with Crippen LogP contribution >= 0.6 is 11.8 Å². The SMILES string of the molecule is CCC(C(=O)Nc1cccc(SC)c1)N(c1cc(C)cc(C)c1)S(C)(=O)=O. The summed E-state index contributed by atoms with van der Waals surface area (Å²) in [6, 6.07) is 12.2. The third-order valence-corrected chi connectivity index (χ3v) is 6.03. The Morgan fingerprint density at radius 1 is 1.15 bits per heavy atom. The molecule has 0 aliphatic heterocycles. The van der Waals surface area contributed by atoms with Gasteiger partial charge in [0.05, 0.1) is 11.9 Å². The number of benzene rings is 2. The smallest absolute Gasteiger partial charge is 0.248 e. The van der Waals surface area contributed by atoms with E-state index in [1.165, 1.54) is 4.31 Å². The molecule has 1 N–H and O–H groups in total. The fraction of sp³-hybridized carbons (Fsp3) is 0.350. The Morgan fingerprint density at radius 3 is 2.30 bits per heavy atom. The molecule has 0 aromatic heterocycles. The quantitative estimate of drug-likeness (QED) is 0.700. The lowest BCUT2D eigenvalue weighted by Gasteiger charge is -2.30. The maximum Gasteiger partial charge on any atom is 0.248 e. The van der Waals surface area contributed by atoms with Crippen LogP contribution in [0.2, 0.25) is 0 Å². The summed E-state index contributed by atoms with van der Waals surface area (Å²) in [5.74, 6) is -0.347. The minimum absolute atomic E-state index is 0.347. The molecule has 2 aromatic rings. The van der Waals surface area contributed by atoms with Crippen LogP contribution in [0.25, 0.3) is 0 Å². The summed E-state index contributed by atoms with van der Waals surface area (Å²) in [5.41, 5.74) is 3.05. The Balaban J connectivity index is 2.41. The largest absolute Gasteiger partial charge is 0.324 e. The number of rotatable bonds is 7. The Bertz CT molecular complexity index is 906. The van der Waals surface area contributed by atoms with Crippen LogP contribution in [0.5, 0.6) is 0 Å². The van der Waals surface area contributed by atoms with Gasteiger partial charge in [0, 0.05) is 10.6 Å². The molecule has 2 aromatic carbocycles. The summed E-state index contributed by atoms with van der Waals surface area (Å²) in [6.45, 7) is 5.63. The molecular weight excluding hydrogens is 380 g/mol. The summed E-state index contributed by atoms with van der Waals surface area (Å²) in [5, 5.41) is 2.86. The molecule has 7 heteroatoms. The van der Waals surface area contributed by atoms with Crippen LogP contribution in [0.1, 0.15) is 24.5 Å². The number of carbonyl (C=O) groups excluding carboxylic acids is 1. The molecule has 0 spiro atoms. The second-order valence-corrected chi connectivity index (χ2v) is 9.29. The summed E-state index contributed by atoms with van der Waals surface area (Å²) in [4.78, 5) is 14.0. The number of carbonyl (C=O) groups is 1. The third kappa shape index (κ3) is 5.49. The number of amides is 1. The van der Waals surface area contributed by atoms with Gasteiger partial charge in [0.2, 0.25) is 15.9 Å². The first-order chi connectivity index (χ1) is 12.7. The van der Waals surface area contributed by atoms with Crippen molar-refractivity contribution in [1.29, 1.82) is 0 Å². The van der Waals surface area contributed by atoms with Crippen molar-refractivity contribution in [2.45, 2.75) is 38.1 Å². The molecule has 0 aliphatic rings. The van der Waals surface area contributed by atoms with Gasteiger partial charge in [-0.2, -0.15) is 0 Å². The number of hydrogen-bond donors (Lipinski definition) is 1. The van der Waals surface area contributed by atoms with Gasteiger partial charge < -0.3 is 5.32 Å². The maximum absolute atomic E-state index is 13.0. The van der Waals surface area contributed by atoms with Gasteiger partial charge in [-0.15, -0.1) is 11.8 Å². The number of anilines is 2. The predicted molar refractivity (Wildman–Crippen MR) is 114 cm³/mol. The van der Waals surface area contributed by atoms with Gasteiger partial charge in [-0.05, 0) is 68.0 Å². The Morgan fingerprint density at radius 2 is 1.78 bits per heavy atom. The molecule has 27 heavy (non-hydrogen) atoms. The van der Waals surface area contributed by atoms with E-state index in [1.54, 1.807) is 30.0 Å². The molecular formula is C20H26N2O3S2. The van der Waals surface area contributed by atoms with Gasteiger partial charge in [0.1, 0.15) is 6.04 Å². The number of thioether (sulfide) groups is 1. The zero-order valence-electron chi connectivity index (χ0n) is 16.3. The van der Waals surface area contributed by atoms with E-state index < -0.39 is 16.1 Å². The van der Waals surface area contributed by atoms with Crippen molar-refractivity contribution < 1.29 is 13.2 Å². The first kappa shape index (κ1) is 21.3. The Labute approximate surface area is 166 Å². The lowest BCUT2D eigenvalue weighted by atomic mass is 10.1. The fourth-order valence-electron chi connectivity index (χ4n) is 3.06. The van der Waals surface area contributed by atoms with Crippen LogP contribution in [-0.4, -0.2) is 32.9 Å². The van der Waals surface area contributed by atoms with Crippen molar-refractivity contribution in [2.24, 2.45) is 0 Å². The molecule has 5 nitrogen and oxygen atoms in total. The predicted octanol–water partition coefficient (Wildman–Crippen LogP) is 4.21. The van der Waals surface area contributed by atoms with Gasteiger partial charge in [-0.25, -0.2) is 8.42 Å². The molecule has 0 bridgehead atoms. The highest BCUT2D eigenvalue weighted by atomic mass is 32.2. The standard InChI is InChI=1S/C20H26N2O3S2/c1-6-19(20(23)21-16-8-7-9-18(13-16)26-4)22(27(5,24)25)17-11-14(2)10-15(3)12-17/h7-13,19H,6H2,1-5H3,(H,21,23). The third-order valence-electron chi connectivity index (χ3n) is 4.13. The molecule has 1 atom stereocenters. The molecule has 0 saturated carbocycles. The topological polar surface area (TPSA) is 66.5 Å². The lowest BCUT2D eigenvalue weighted by molar-refractivity contribution is -0.117. The Hall–Kier alpha value is -1.99. The van der Waals surface area contributed by atoms with Gasteiger partial charge in [-0.1, -0.05) is 19.1 Å². The Kier molecular flexibility index (Phi) is 6.95. The van der Waals surface area contributed by atoms with E-state index in [4.69, 9.17) is 0 Å². The van der Waals surface area contributed by atoms with E-state index in [0.717, 1.165) is 22.3 Å². The first-order valence-electron chi connectivity index (χ1n) is 8.68. The average molecular weight is 407 g/mol. The maximum atomic E-state index is 13.0. The minimum atomic E-state index is -3.64. The summed E-state index contributed by atoms with van der Waals surface area (Å²) < 4.78 is 26.3. The monoisotopic (exact) mass is 406 g/mol. The van der Waals surface area contributed by atoms with Crippen LogP contribution in [-0.2, 0) is 14.8 Å². The second kappa shape index (κ2) is 8.80. The van der Waals surface area contributed by atoms with Crippen molar-refractivity contribution in [1.82, 2.24) is 0 Å². The van der Waals surface area contributed by atoms with Crippen LogP contribution in [0, 0.1) is 13.8 Å². The van der Waals surface area contributed by atoms with Crippen LogP contribution < -0.4 is 9.62 Å². The van der Waals surface area contributed by atoms with Gasteiger partial charge in [0.25, 0.3) is 0 Å². The molecule has 1 amide bonds. The van der Waals surface area contributed by atoms with Crippen LogP contribution in [0.3, 0.4) is 0 Å². The molecule has 2 rings (SSSR count). The highest BCUT2D eigenvalue weighted by molar-refractivity contribution is 7.98.